The molecule has 4 heterocycles. The highest BCUT2D eigenvalue weighted by Gasteiger charge is 2.35. The maximum Gasteiger partial charge on any atom is 0.225 e. The molecule has 34 heavy (non-hydrogen) atoms. The van der Waals surface area contributed by atoms with Crippen LogP contribution in [0.5, 0.6) is 0 Å². The highest BCUT2D eigenvalue weighted by Crippen LogP contribution is 2.35. The predicted octanol–water partition coefficient (Wildman–Crippen LogP) is 4.61. The summed E-state index contributed by atoms with van der Waals surface area (Å²) in [5.41, 5.74) is 6.19. The zero-order valence-corrected chi connectivity index (χ0v) is 20.4. The SMILES string of the molecule is CC(C)N1CCCC1c1ccc(-c2cc3c(N4CCN(C(=O)C5CC5)CC4)ccnn3c2)cc1. The average molecular weight is 458 g/mol. The van der Waals surface area contributed by atoms with E-state index in [0.29, 0.717) is 23.9 Å². The van der Waals surface area contributed by atoms with Gasteiger partial charge >= 0.3 is 0 Å². The number of hydrogen-bond donors (Lipinski definition) is 0. The summed E-state index contributed by atoms with van der Waals surface area (Å²) >= 11 is 0. The number of piperazine rings is 1. The molecule has 2 aliphatic heterocycles. The Morgan fingerprint density at radius 1 is 0.941 bits per heavy atom. The van der Waals surface area contributed by atoms with Gasteiger partial charge in [-0.05, 0) is 69.3 Å². The topological polar surface area (TPSA) is 44.1 Å². The summed E-state index contributed by atoms with van der Waals surface area (Å²) in [7, 11) is 0. The third-order valence-corrected chi connectivity index (χ3v) is 7.93. The number of hydrogen-bond acceptors (Lipinski definition) is 4. The molecular formula is C28H35N5O. The van der Waals surface area contributed by atoms with Crippen LogP contribution >= 0.6 is 0 Å². The highest BCUT2D eigenvalue weighted by atomic mass is 16.2. The average Bonchev–Trinajstić information content (AvgIpc) is 3.42. The molecule has 6 nitrogen and oxygen atoms in total. The maximum absolute atomic E-state index is 12.4. The molecule has 3 fully saturated rings. The summed E-state index contributed by atoms with van der Waals surface area (Å²) < 4.78 is 2.00. The second-order valence-corrected chi connectivity index (χ2v) is 10.5. The van der Waals surface area contributed by atoms with Gasteiger partial charge in [-0.1, -0.05) is 24.3 Å². The van der Waals surface area contributed by atoms with Crippen molar-refractivity contribution in [3.63, 3.8) is 0 Å². The van der Waals surface area contributed by atoms with E-state index >= 15 is 0 Å². The van der Waals surface area contributed by atoms with Crippen molar-refractivity contribution in [3.8, 4) is 11.1 Å². The van der Waals surface area contributed by atoms with E-state index < -0.39 is 0 Å². The lowest BCUT2D eigenvalue weighted by molar-refractivity contribution is -0.132. The monoisotopic (exact) mass is 457 g/mol. The number of carbonyl (C=O) groups is 1. The number of anilines is 1. The van der Waals surface area contributed by atoms with Crippen molar-refractivity contribution in [2.75, 3.05) is 37.6 Å². The number of amides is 1. The minimum atomic E-state index is 0.306. The molecule has 3 aliphatic rings. The third kappa shape index (κ3) is 3.98. The molecule has 0 radical (unpaired) electrons. The van der Waals surface area contributed by atoms with Crippen molar-refractivity contribution >= 4 is 17.1 Å². The minimum absolute atomic E-state index is 0.306. The van der Waals surface area contributed by atoms with Crippen LogP contribution in [0.25, 0.3) is 16.6 Å². The van der Waals surface area contributed by atoms with Crippen molar-refractivity contribution < 1.29 is 4.79 Å². The Labute approximate surface area is 202 Å². The van der Waals surface area contributed by atoms with E-state index in [1.807, 2.05) is 10.7 Å². The first-order chi connectivity index (χ1) is 16.6. The Kier molecular flexibility index (Phi) is 5.56. The number of fused-ring (bicyclic) bond motifs is 1. The van der Waals surface area contributed by atoms with Gasteiger partial charge in [0.25, 0.3) is 0 Å². The Hall–Kier alpha value is -2.86. The van der Waals surface area contributed by atoms with Gasteiger partial charge in [0, 0.05) is 62.1 Å². The van der Waals surface area contributed by atoms with Gasteiger partial charge in [-0.25, -0.2) is 4.52 Å². The van der Waals surface area contributed by atoms with E-state index in [-0.39, 0.29) is 0 Å². The van der Waals surface area contributed by atoms with E-state index in [0.717, 1.165) is 44.5 Å². The Balaban J connectivity index is 1.21. The van der Waals surface area contributed by atoms with Crippen LogP contribution in [0.3, 0.4) is 0 Å². The molecule has 1 saturated carbocycles. The molecule has 0 N–H and O–H groups in total. The lowest BCUT2D eigenvalue weighted by Crippen LogP contribution is -2.49. The summed E-state index contributed by atoms with van der Waals surface area (Å²) in [6.07, 6.45) is 8.71. The van der Waals surface area contributed by atoms with Crippen molar-refractivity contribution in [2.24, 2.45) is 5.92 Å². The fourth-order valence-corrected chi connectivity index (χ4v) is 5.84. The number of rotatable bonds is 5. The van der Waals surface area contributed by atoms with E-state index in [4.69, 9.17) is 0 Å². The number of carbonyl (C=O) groups excluding carboxylic acids is 1. The van der Waals surface area contributed by atoms with Crippen LogP contribution in [-0.2, 0) is 4.79 Å². The molecule has 2 saturated heterocycles. The van der Waals surface area contributed by atoms with Crippen LogP contribution in [-0.4, -0.2) is 64.1 Å². The molecule has 1 aliphatic carbocycles. The van der Waals surface area contributed by atoms with Crippen LogP contribution in [0, 0.1) is 5.92 Å². The molecule has 1 aromatic carbocycles. The maximum atomic E-state index is 12.4. The van der Waals surface area contributed by atoms with E-state index in [2.05, 4.69) is 76.2 Å². The summed E-state index contributed by atoms with van der Waals surface area (Å²) in [6, 6.07) is 14.7. The van der Waals surface area contributed by atoms with Crippen molar-refractivity contribution in [1.29, 1.82) is 0 Å². The summed E-state index contributed by atoms with van der Waals surface area (Å²) in [5, 5.41) is 4.59. The van der Waals surface area contributed by atoms with Crippen LogP contribution in [0.15, 0.2) is 48.8 Å². The molecule has 1 unspecified atom stereocenters. The van der Waals surface area contributed by atoms with E-state index in [1.165, 1.54) is 41.8 Å². The summed E-state index contributed by atoms with van der Waals surface area (Å²) in [5.74, 6) is 0.669. The third-order valence-electron chi connectivity index (χ3n) is 7.93. The molecule has 6 heteroatoms. The first-order valence-electron chi connectivity index (χ1n) is 13.0. The van der Waals surface area contributed by atoms with Crippen LogP contribution in [0.1, 0.15) is 51.1 Å². The second-order valence-electron chi connectivity index (χ2n) is 10.5. The molecule has 1 amide bonds. The number of nitrogens with zero attached hydrogens (tertiary/aromatic N) is 5. The standard InChI is InChI=1S/C28H35N5O/c1-20(2)32-13-3-4-25(32)22-7-5-21(6-8-22)24-18-27-26(11-12-29-33(27)19-24)30-14-16-31(17-15-30)28(34)23-9-10-23/h5-8,11-12,18-20,23,25H,3-4,9-10,13-17H2,1-2H3. The minimum Gasteiger partial charge on any atom is -0.366 e. The predicted molar refractivity (Wildman–Crippen MR) is 136 cm³/mol. The van der Waals surface area contributed by atoms with Gasteiger partial charge in [0.1, 0.15) is 0 Å². The Morgan fingerprint density at radius 2 is 1.71 bits per heavy atom. The Bertz CT molecular complexity index is 1170. The fourth-order valence-electron chi connectivity index (χ4n) is 5.84. The molecule has 178 valence electrons. The quantitative estimate of drug-likeness (QED) is 0.561. The highest BCUT2D eigenvalue weighted by molar-refractivity contribution is 5.82. The molecular weight excluding hydrogens is 422 g/mol. The number of likely N-dealkylation sites (tertiary alicyclic amines) is 1. The lowest BCUT2D eigenvalue weighted by Gasteiger charge is -2.36. The largest absolute Gasteiger partial charge is 0.366 e. The molecule has 3 aromatic rings. The fraction of sp³-hybridized carbons (Fsp3) is 0.500. The van der Waals surface area contributed by atoms with Crippen molar-refractivity contribution in [2.45, 2.75) is 51.6 Å². The van der Waals surface area contributed by atoms with Gasteiger partial charge in [0.15, 0.2) is 0 Å². The molecule has 1 atom stereocenters. The number of benzene rings is 1. The van der Waals surface area contributed by atoms with Gasteiger partial charge in [-0.2, -0.15) is 5.10 Å². The Morgan fingerprint density at radius 3 is 2.41 bits per heavy atom. The normalized spacial score (nSPS) is 21.7. The van der Waals surface area contributed by atoms with Gasteiger partial charge in [-0.3, -0.25) is 9.69 Å². The van der Waals surface area contributed by atoms with Crippen LogP contribution in [0.4, 0.5) is 5.69 Å². The van der Waals surface area contributed by atoms with Gasteiger partial charge in [0.05, 0.1) is 11.2 Å². The number of aromatic nitrogens is 2. The van der Waals surface area contributed by atoms with Crippen LogP contribution in [0.2, 0.25) is 0 Å². The molecule has 2 aromatic heterocycles. The first kappa shape index (κ1) is 21.7. The molecule has 0 bridgehead atoms. The molecule has 0 spiro atoms. The van der Waals surface area contributed by atoms with Crippen LogP contribution < -0.4 is 4.90 Å². The van der Waals surface area contributed by atoms with Crippen molar-refractivity contribution in [1.82, 2.24) is 19.4 Å². The second kappa shape index (κ2) is 8.73. The zero-order chi connectivity index (χ0) is 23.2. The van der Waals surface area contributed by atoms with Crippen molar-refractivity contribution in [3.05, 3.63) is 54.4 Å². The smallest absolute Gasteiger partial charge is 0.225 e. The summed E-state index contributed by atoms with van der Waals surface area (Å²) in [6.45, 7) is 9.18. The lowest BCUT2D eigenvalue weighted by atomic mass is 10.00. The van der Waals surface area contributed by atoms with E-state index in [1.54, 1.807) is 0 Å². The van der Waals surface area contributed by atoms with Gasteiger partial charge < -0.3 is 9.80 Å². The van der Waals surface area contributed by atoms with Gasteiger partial charge in [-0.15, -0.1) is 0 Å². The van der Waals surface area contributed by atoms with Gasteiger partial charge in [0.2, 0.25) is 5.91 Å². The van der Waals surface area contributed by atoms with E-state index in [9.17, 15) is 4.79 Å². The molecule has 6 rings (SSSR count). The first-order valence-corrected chi connectivity index (χ1v) is 13.0. The summed E-state index contributed by atoms with van der Waals surface area (Å²) in [4.78, 5) is 19.5. The zero-order valence-electron chi connectivity index (χ0n) is 20.4.